The van der Waals surface area contributed by atoms with Crippen molar-refractivity contribution in [2.75, 3.05) is 26.2 Å². The molecule has 0 aromatic heterocycles. The number of carbonyl (C=O) groups is 3. The molecule has 10 heteroatoms. The van der Waals surface area contributed by atoms with Gasteiger partial charge in [0.2, 0.25) is 11.8 Å². The van der Waals surface area contributed by atoms with Crippen LogP contribution in [0, 0.1) is 5.92 Å². The molecule has 7 nitrogen and oxygen atoms in total. The molecule has 0 bridgehead atoms. The number of rotatable bonds is 5. The molecule has 0 saturated carbocycles. The van der Waals surface area contributed by atoms with Gasteiger partial charge in [-0.2, -0.15) is 13.2 Å². The molecule has 0 unspecified atom stereocenters. The van der Waals surface area contributed by atoms with E-state index in [0.29, 0.717) is 25.9 Å². The van der Waals surface area contributed by atoms with Crippen LogP contribution in [0.3, 0.4) is 0 Å². The van der Waals surface area contributed by atoms with Gasteiger partial charge in [-0.1, -0.05) is 0 Å². The van der Waals surface area contributed by atoms with Crippen LogP contribution in [-0.2, 0) is 14.3 Å². The van der Waals surface area contributed by atoms with Gasteiger partial charge in [-0.25, -0.2) is 4.79 Å². The van der Waals surface area contributed by atoms with Gasteiger partial charge in [0.15, 0.2) is 0 Å². The summed E-state index contributed by atoms with van der Waals surface area (Å²) in [7, 11) is 0. The number of ether oxygens (including phenoxy) is 1. The fraction of sp³-hybridized carbons (Fsp3) is 0.812. The van der Waals surface area contributed by atoms with E-state index in [9.17, 15) is 27.6 Å². The summed E-state index contributed by atoms with van der Waals surface area (Å²) in [5, 5.41) is 3.99. The Morgan fingerprint density at radius 3 is 2.12 bits per heavy atom. The maximum absolute atomic E-state index is 12.0. The molecule has 2 N–H and O–H groups in total. The molecule has 0 aromatic rings. The van der Waals surface area contributed by atoms with Crippen LogP contribution in [0.4, 0.5) is 18.0 Å². The van der Waals surface area contributed by atoms with Crippen molar-refractivity contribution in [3.8, 4) is 0 Å². The Morgan fingerprint density at radius 2 is 1.62 bits per heavy atom. The fourth-order valence-electron chi connectivity index (χ4n) is 2.42. The monoisotopic (exact) mass is 381 g/mol. The van der Waals surface area contributed by atoms with Gasteiger partial charge in [0, 0.05) is 19.5 Å². The first-order valence-corrected chi connectivity index (χ1v) is 8.44. The van der Waals surface area contributed by atoms with E-state index >= 15 is 0 Å². The molecular formula is C16H26F3N3O4. The van der Waals surface area contributed by atoms with Gasteiger partial charge in [-0.3, -0.25) is 9.59 Å². The van der Waals surface area contributed by atoms with Crippen LogP contribution >= 0.6 is 0 Å². The van der Waals surface area contributed by atoms with Crippen molar-refractivity contribution in [3.63, 3.8) is 0 Å². The van der Waals surface area contributed by atoms with E-state index in [4.69, 9.17) is 4.74 Å². The maximum atomic E-state index is 12.0. The van der Waals surface area contributed by atoms with Gasteiger partial charge in [0.25, 0.3) is 0 Å². The molecule has 1 fully saturated rings. The predicted octanol–water partition coefficient (Wildman–Crippen LogP) is 1.82. The zero-order chi connectivity index (χ0) is 20.0. The predicted molar refractivity (Wildman–Crippen MR) is 87.2 cm³/mol. The number of likely N-dealkylation sites (tertiary alicyclic amines) is 1. The van der Waals surface area contributed by atoms with Crippen LogP contribution in [0.1, 0.15) is 40.0 Å². The number of carbonyl (C=O) groups excluding carboxylic acids is 3. The summed E-state index contributed by atoms with van der Waals surface area (Å²) in [6, 6.07) is 0. The van der Waals surface area contributed by atoms with Crippen molar-refractivity contribution in [2.24, 2.45) is 5.92 Å². The second-order valence-corrected chi connectivity index (χ2v) is 7.28. The average molecular weight is 381 g/mol. The first-order valence-electron chi connectivity index (χ1n) is 8.44. The molecule has 1 heterocycles. The van der Waals surface area contributed by atoms with Crippen LogP contribution in [-0.4, -0.2) is 60.8 Å². The third kappa shape index (κ3) is 9.47. The topological polar surface area (TPSA) is 87.7 Å². The third-order valence-corrected chi connectivity index (χ3v) is 3.67. The van der Waals surface area contributed by atoms with Gasteiger partial charge in [0.05, 0.1) is 6.54 Å². The zero-order valence-corrected chi connectivity index (χ0v) is 15.2. The lowest BCUT2D eigenvalue weighted by atomic mass is 9.93. The molecule has 1 aliphatic rings. The Hall–Kier alpha value is -2.00. The third-order valence-electron chi connectivity index (χ3n) is 3.67. The molecule has 0 aliphatic carbocycles. The number of hydrogen-bond acceptors (Lipinski definition) is 4. The molecule has 3 amide bonds. The molecule has 1 aliphatic heterocycles. The van der Waals surface area contributed by atoms with Crippen molar-refractivity contribution in [3.05, 3.63) is 0 Å². The van der Waals surface area contributed by atoms with E-state index in [-0.39, 0.29) is 18.4 Å². The quantitative estimate of drug-likeness (QED) is 0.760. The van der Waals surface area contributed by atoms with E-state index in [0.717, 1.165) is 0 Å². The summed E-state index contributed by atoms with van der Waals surface area (Å²) in [5.74, 6) is -1.25. The number of nitrogens with zero attached hydrogens (tertiary/aromatic N) is 1. The summed E-state index contributed by atoms with van der Waals surface area (Å²) in [4.78, 5) is 36.6. The number of halogens is 3. The minimum absolute atomic E-state index is 0.0481. The summed E-state index contributed by atoms with van der Waals surface area (Å²) >= 11 is 0. The highest BCUT2D eigenvalue weighted by Gasteiger charge is 2.29. The van der Waals surface area contributed by atoms with E-state index in [1.807, 2.05) is 0 Å². The Labute approximate surface area is 150 Å². The largest absolute Gasteiger partial charge is 0.444 e. The highest BCUT2D eigenvalue weighted by Crippen LogP contribution is 2.22. The second-order valence-electron chi connectivity index (χ2n) is 7.28. The number of piperidine rings is 1. The Kier molecular flexibility index (Phi) is 7.70. The van der Waals surface area contributed by atoms with Gasteiger partial charge >= 0.3 is 12.3 Å². The molecule has 0 spiro atoms. The van der Waals surface area contributed by atoms with Gasteiger partial charge in [-0.15, -0.1) is 0 Å². The molecular weight excluding hydrogens is 355 g/mol. The summed E-state index contributed by atoms with van der Waals surface area (Å²) in [5.41, 5.74) is -0.569. The average Bonchev–Trinajstić information content (AvgIpc) is 2.49. The van der Waals surface area contributed by atoms with Crippen molar-refractivity contribution >= 4 is 17.9 Å². The molecule has 1 saturated heterocycles. The molecule has 0 radical (unpaired) electrons. The highest BCUT2D eigenvalue weighted by atomic mass is 19.4. The molecule has 150 valence electrons. The fourth-order valence-corrected chi connectivity index (χ4v) is 2.42. The first kappa shape index (κ1) is 22.0. The number of amides is 3. The van der Waals surface area contributed by atoms with Crippen LogP contribution in [0.15, 0.2) is 0 Å². The first-order chi connectivity index (χ1) is 11.9. The summed E-state index contributed by atoms with van der Waals surface area (Å²) in [6.07, 6.45) is -3.47. The van der Waals surface area contributed by atoms with Crippen LogP contribution < -0.4 is 10.6 Å². The van der Waals surface area contributed by atoms with E-state index < -0.39 is 36.7 Å². The van der Waals surface area contributed by atoms with E-state index in [2.05, 4.69) is 5.32 Å². The number of hydrogen-bond donors (Lipinski definition) is 2. The lowest BCUT2D eigenvalue weighted by Gasteiger charge is -2.33. The Bertz CT molecular complexity index is 510. The van der Waals surface area contributed by atoms with Crippen LogP contribution in [0.2, 0.25) is 0 Å². The van der Waals surface area contributed by atoms with Gasteiger partial charge in [0.1, 0.15) is 12.1 Å². The summed E-state index contributed by atoms with van der Waals surface area (Å²) in [6.45, 7) is 4.38. The Morgan fingerprint density at radius 1 is 1.04 bits per heavy atom. The van der Waals surface area contributed by atoms with Gasteiger partial charge in [-0.05, 0) is 39.5 Å². The molecule has 0 aromatic carbocycles. The van der Waals surface area contributed by atoms with Crippen molar-refractivity contribution < 1.29 is 32.3 Å². The summed E-state index contributed by atoms with van der Waals surface area (Å²) < 4.78 is 41.2. The van der Waals surface area contributed by atoms with E-state index in [1.165, 1.54) is 0 Å². The van der Waals surface area contributed by atoms with E-state index in [1.54, 1.807) is 31.0 Å². The highest BCUT2D eigenvalue weighted by molar-refractivity contribution is 5.84. The van der Waals surface area contributed by atoms with Crippen LogP contribution in [0.5, 0.6) is 0 Å². The standard InChI is InChI=1S/C16H26F3N3O4/c1-15(2,3)26-14(25)22-6-4-11(5-7-22)8-12(23)20-9-13(24)21-10-16(17,18)19/h11H,4-10H2,1-3H3,(H,20,23)(H,21,24). The lowest BCUT2D eigenvalue weighted by Crippen LogP contribution is -2.43. The van der Waals surface area contributed by atoms with Crippen LogP contribution in [0.25, 0.3) is 0 Å². The minimum atomic E-state index is -4.48. The normalized spacial score (nSPS) is 16.2. The van der Waals surface area contributed by atoms with Crippen molar-refractivity contribution in [1.82, 2.24) is 15.5 Å². The zero-order valence-electron chi connectivity index (χ0n) is 15.2. The lowest BCUT2D eigenvalue weighted by molar-refractivity contribution is -0.138. The smallest absolute Gasteiger partial charge is 0.410 e. The number of alkyl halides is 3. The molecule has 26 heavy (non-hydrogen) atoms. The maximum Gasteiger partial charge on any atom is 0.410 e. The number of nitrogens with one attached hydrogen (secondary N) is 2. The molecule has 0 atom stereocenters. The second kappa shape index (κ2) is 9.09. The molecule has 1 rings (SSSR count). The SMILES string of the molecule is CC(C)(C)OC(=O)N1CCC(CC(=O)NCC(=O)NCC(F)(F)F)CC1. The van der Waals surface area contributed by atoms with Gasteiger partial charge < -0.3 is 20.3 Å². The van der Waals surface area contributed by atoms with Crippen molar-refractivity contribution in [1.29, 1.82) is 0 Å². The Balaban J connectivity index is 2.25. The minimum Gasteiger partial charge on any atom is -0.444 e. The van der Waals surface area contributed by atoms with Crippen molar-refractivity contribution in [2.45, 2.75) is 51.8 Å².